The van der Waals surface area contributed by atoms with Crippen LogP contribution < -0.4 is 11.2 Å². The average molecular weight is 298 g/mol. The summed E-state index contributed by atoms with van der Waals surface area (Å²) in [4.78, 5) is 27.7. The molecule has 6 heteroatoms. The van der Waals surface area contributed by atoms with Crippen molar-refractivity contribution in [1.82, 2.24) is 9.99 Å². The predicted octanol–water partition coefficient (Wildman–Crippen LogP) is 1.60. The monoisotopic (exact) mass is 298 g/mol. The van der Waals surface area contributed by atoms with Gasteiger partial charge in [0.1, 0.15) is 0 Å². The van der Waals surface area contributed by atoms with E-state index in [2.05, 4.69) is 10.3 Å². The van der Waals surface area contributed by atoms with Crippen molar-refractivity contribution in [2.24, 2.45) is 5.84 Å². The molecule has 0 fully saturated rings. The largest absolute Gasteiger partial charge is 0.322 e. The molecule has 0 unspecified atom stereocenters. The number of carbonyl (C=O) groups is 2. The maximum absolute atomic E-state index is 12.1. The van der Waals surface area contributed by atoms with Crippen molar-refractivity contribution in [2.75, 3.05) is 11.9 Å². The molecule has 114 valence electrons. The van der Waals surface area contributed by atoms with E-state index in [-0.39, 0.29) is 18.2 Å². The topological polar surface area (TPSA) is 88.3 Å². The van der Waals surface area contributed by atoms with E-state index < -0.39 is 0 Å². The molecule has 2 rings (SSSR count). The lowest BCUT2D eigenvalue weighted by molar-refractivity contribution is -0.130. The molecule has 0 radical (unpaired) electrons. The highest BCUT2D eigenvalue weighted by Crippen LogP contribution is 2.10. The lowest BCUT2D eigenvalue weighted by atomic mass is 10.1. The number of rotatable bonds is 5. The fraction of sp³-hybridized carbons (Fsp3) is 0.188. The van der Waals surface area contributed by atoms with Crippen molar-refractivity contribution < 1.29 is 9.59 Å². The van der Waals surface area contributed by atoms with Crippen LogP contribution in [0.25, 0.3) is 0 Å². The second-order valence-electron chi connectivity index (χ2n) is 4.74. The van der Waals surface area contributed by atoms with E-state index in [1.54, 1.807) is 48.8 Å². The molecule has 0 saturated heterocycles. The van der Waals surface area contributed by atoms with Gasteiger partial charge in [-0.1, -0.05) is 12.1 Å². The van der Waals surface area contributed by atoms with Crippen molar-refractivity contribution >= 4 is 17.5 Å². The van der Waals surface area contributed by atoms with Gasteiger partial charge in [-0.25, -0.2) is 5.84 Å². The van der Waals surface area contributed by atoms with Gasteiger partial charge in [0.05, 0.1) is 6.42 Å². The molecular weight excluding hydrogens is 280 g/mol. The van der Waals surface area contributed by atoms with Crippen LogP contribution in [-0.4, -0.2) is 28.4 Å². The number of benzene rings is 1. The molecule has 0 aliphatic carbocycles. The number of anilines is 1. The van der Waals surface area contributed by atoms with E-state index in [1.165, 1.54) is 5.01 Å². The smallest absolute Gasteiger partial charge is 0.255 e. The number of nitrogens with one attached hydrogen (secondary N) is 1. The number of amides is 2. The Hall–Kier alpha value is -2.73. The summed E-state index contributed by atoms with van der Waals surface area (Å²) >= 11 is 0. The van der Waals surface area contributed by atoms with E-state index >= 15 is 0 Å². The Kier molecular flexibility index (Phi) is 5.21. The second kappa shape index (κ2) is 7.33. The molecule has 0 aliphatic rings. The van der Waals surface area contributed by atoms with Gasteiger partial charge in [-0.3, -0.25) is 19.6 Å². The third kappa shape index (κ3) is 4.13. The van der Waals surface area contributed by atoms with Gasteiger partial charge in [0.25, 0.3) is 5.91 Å². The highest BCUT2D eigenvalue weighted by atomic mass is 16.2. The molecule has 0 saturated carbocycles. The van der Waals surface area contributed by atoms with Crippen molar-refractivity contribution in [3.63, 3.8) is 0 Å². The number of nitrogens with two attached hydrogens (primary N) is 1. The Labute approximate surface area is 128 Å². The molecule has 1 heterocycles. The molecule has 3 N–H and O–H groups in total. The van der Waals surface area contributed by atoms with E-state index in [9.17, 15) is 9.59 Å². The van der Waals surface area contributed by atoms with E-state index in [0.29, 0.717) is 17.8 Å². The highest BCUT2D eigenvalue weighted by molar-refractivity contribution is 6.04. The lowest BCUT2D eigenvalue weighted by Crippen LogP contribution is -2.38. The van der Waals surface area contributed by atoms with E-state index in [0.717, 1.165) is 5.56 Å². The number of hydrogen-bond donors (Lipinski definition) is 2. The summed E-state index contributed by atoms with van der Waals surface area (Å²) in [5.74, 6) is 5.18. The van der Waals surface area contributed by atoms with Gasteiger partial charge in [-0.2, -0.15) is 0 Å². The molecule has 1 aromatic carbocycles. The van der Waals surface area contributed by atoms with Crippen LogP contribution >= 0.6 is 0 Å². The summed E-state index contributed by atoms with van der Waals surface area (Å²) in [6.07, 6.45) is 3.43. The van der Waals surface area contributed by atoms with Gasteiger partial charge in [0, 0.05) is 30.2 Å². The Morgan fingerprint density at radius 1 is 1.14 bits per heavy atom. The van der Waals surface area contributed by atoms with Gasteiger partial charge in [-0.15, -0.1) is 0 Å². The fourth-order valence-corrected chi connectivity index (χ4v) is 1.87. The van der Waals surface area contributed by atoms with Gasteiger partial charge in [-0.05, 0) is 36.8 Å². The van der Waals surface area contributed by atoms with Crippen LogP contribution in [0.2, 0.25) is 0 Å². The number of hydrazine groups is 1. The summed E-state index contributed by atoms with van der Waals surface area (Å²) in [7, 11) is 0. The van der Waals surface area contributed by atoms with Gasteiger partial charge in [0.2, 0.25) is 5.91 Å². The molecule has 2 aromatic rings. The second-order valence-corrected chi connectivity index (χ2v) is 4.74. The van der Waals surface area contributed by atoms with E-state index in [4.69, 9.17) is 5.84 Å². The number of hydrogen-bond acceptors (Lipinski definition) is 4. The summed E-state index contributed by atoms with van der Waals surface area (Å²) in [5.41, 5.74) is 2.02. The third-order valence-electron chi connectivity index (χ3n) is 3.17. The minimum Gasteiger partial charge on any atom is -0.322 e. The van der Waals surface area contributed by atoms with Crippen molar-refractivity contribution in [3.05, 3.63) is 59.9 Å². The van der Waals surface area contributed by atoms with Crippen molar-refractivity contribution in [1.29, 1.82) is 0 Å². The Morgan fingerprint density at radius 3 is 2.36 bits per heavy atom. The van der Waals surface area contributed by atoms with Crippen LogP contribution in [0.3, 0.4) is 0 Å². The van der Waals surface area contributed by atoms with Crippen molar-refractivity contribution in [2.45, 2.75) is 13.3 Å². The third-order valence-corrected chi connectivity index (χ3v) is 3.17. The molecule has 2 amide bonds. The van der Waals surface area contributed by atoms with Gasteiger partial charge in [0.15, 0.2) is 0 Å². The van der Waals surface area contributed by atoms with Crippen LogP contribution in [0.15, 0.2) is 48.8 Å². The fourth-order valence-electron chi connectivity index (χ4n) is 1.87. The first-order valence-electron chi connectivity index (χ1n) is 6.95. The lowest BCUT2D eigenvalue weighted by Gasteiger charge is -2.13. The van der Waals surface area contributed by atoms with E-state index in [1.807, 2.05) is 6.92 Å². The number of nitrogens with zero attached hydrogens (tertiary/aromatic N) is 2. The maximum Gasteiger partial charge on any atom is 0.255 e. The number of pyridine rings is 1. The molecule has 0 atom stereocenters. The van der Waals surface area contributed by atoms with Crippen LogP contribution in [0, 0.1) is 0 Å². The molecule has 0 aliphatic heterocycles. The Bertz CT molecular complexity index is 641. The first-order chi connectivity index (χ1) is 10.6. The zero-order chi connectivity index (χ0) is 15.9. The zero-order valence-corrected chi connectivity index (χ0v) is 12.3. The summed E-state index contributed by atoms with van der Waals surface area (Å²) < 4.78 is 0. The van der Waals surface area contributed by atoms with Crippen LogP contribution in [-0.2, 0) is 11.2 Å². The first kappa shape index (κ1) is 15.7. The van der Waals surface area contributed by atoms with Gasteiger partial charge >= 0.3 is 0 Å². The zero-order valence-electron chi connectivity index (χ0n) is 12.3. The normalized spacial score (nSPS) is 10.1. The number of carbonyl (C=O) groups excluding carboxylic acids is 2. The highest BCUT2D eigenvalue weighted by Gasteiger charge is 2.10. The summed E-state index contributed by atoms with van der Waals surface area (Å²) in [5, 5.41) is 3.94. The predicted molar refractivity (Wildman–Crippen MR) is 83.9 cm³/mol. The molecular formula is C16H18N4O2. The molecule has 0 bridgehead atoms. The molecule has 0 spiro atoms. The number of aromatic nitrogens is 1. The van der Waals surface area contributed by atoms with Gasteiger partial charge < -0.3 is 5.32 Å². The SMILES string of the molecule is CCN(N)C(=O)Cc1ccc(C(=O)Nc2ccncc2)cc1. The van der Waals surface area contributed by atoms with Crippen molar-refractivity contribution in [3.8, 4) is 0 Å². The summed E-state index contributed by atoms with van der Waals surface area (Å²) in [6, 6.07) is 10.3. The minimum absolute atomic E-state index is 0.156. The van der Waals surface area contributed by atoms with Crippen LogP contribution in [0.1, 0.15) is 22.8 Å². The first-order valence-corrected chi connectivity index (χ1v) is 6.95. The van der Waals surface area contributed by atoms with Crippen LogP contribution in [0.5, 0.6) is 0 Å². The summed E-state index contributed by atoms with van der Waals surface area (Å²) in [6.45, 7) is 2.27. The molecule has 1 aromatic heterocycles. The minimum atomic E-state index is -0.210. The molecule has 6 nitrogen and oxygen atoms in total. The Balaban J connectivity index is 1.99. The molecule has 22 heavy (non-hydrogen) atoms. The van der Waals surface area contributed by atoms with Crippen LogP contribution in [0.4, 0.5) is 5.69 Å². The number of likely N-dealkylation sites (N-methyl/N-ethyl adjacent to an activating group) is 1. The standard InChI is InChI=1S/C16H18N4O2/c1-2-20(17)15(21)11-12-3-5-13(6-4-12)16(22)19-14-7-9-18-10-8-14/h3-10H,2,11,17H2,1H3,(H,18,19,22). The quantitative estimate of drug-likeness (QED) is 0.498. The Morgan fingerprint density at radius 2 is 1.77 bits per heavy atom. The average Bonchev–Trinajstić information content (AvgIpc) is 2.55. The maximum atomic E-state index is 12.1.